The van der Waals surface area contributed by atoms with Gasteiger partial charge in [-0.05, 0) is 12.1 Å². The summed E-state index contributed by atoms with van der Waals surface area (Å²) in [6, 6.07) is 7.74. The van der Waals surface area contributed by atoms with Gasteiger partial charge in [0.15, 0.2) is 11.3 Å². The fourth-order valence-electron chi connectivity index (χ4n) is 1.47. The van der Waals surface area contributed by atoms with E-state index >= 15 is 0 Å². The third-order valence-corrected chi connectivity index (χ3v) is 2.22. The van der Waals surface area contributed by atoms with Gasteiger partial charge in [-0.2, -0.15) is 0 Å². The number of fused-ring (bicyclic) bond motifs is 2. The summed E-state index contributed by atoms with van der Waals surface area (Å²) in [6.07, 6.45) is 4.48. The lowest BCUT2D eigenvalue weighted by molar-refractivity contribution is 0.393. The van der Waals surface area contributed by atoms with Crippen LogP contribution in [0.1, 0.15) is 0 Å². The highest BCUT2D eigenvalue weighted by atomic mass is 16.5. The zero-order chi connectivity index (χ0) is 12.2. The van der Waals surface area contributed by atoms with Crippen molar-refractivity contribution in [1.82, 2.24) is 30.3 Å². The Labute approximate surface area is 101 Å². The van der Waals surface area contributed by atoms with E-state index in [1.54, 1.807) is 6.33 Å². The van der Waals surface area contributed by atoms with E-state index < -0.39 is 0 Å². The van der Waals surface area contributed by atoms with E-state index in [4.69, 9.17) is 0 Å². The molecule has 0 saturated carbocycles. The molecule has 0 fully saturated rings. The van der Waals surface area contributed by atoms with Crippen LogP contribution in [0.5, 0.6) is 0 Å². The second-order valence-corrected chi connectivity index (χ2v) is 3.37. The van der Waals surface area contributed by atoms with Crippen molar-refractivity contribution >= 4 is 22.3 Å². The predicted octanol–water partition coefficient (Wildman–Crippen LogP) is 1.58. The first-order chi connectivity index (χ1) is 8.93. The lowest BCUT2D eigenvalue weighted by Crippen LogP contribution is -1.85. The number of benzene rings is 1. The van der Waals surface area contributed by atoms with Crippen LogP contribution >= 0.6 is 0 Å². The number of nitrogens with one attached hydrogen (secondary N) is 1. The second-order valence-electron chi connectivity index (χ2n) is 3.37. The van der Waals surface area contributed by atoms with Crippen LogP contribution in [0.25, 0.3) is 22.3 Å². The summed E-state index contributed by atoms with van der Waals surface area (Å²) in [5, 5.41) is 6.40. The number of nitrogens with zero attached hydrogens (tertiary/aromatic N) is 5. The van der Waals surface area contributed by atoms with Gasteiger partial charge in [0, 0.05) is 5.27 Å². The molecule has 0 aliphatic carbocycles. The van der Waals surface area contributed by atoms with Crippen molar-refractivity contribution in [2.24, 2.45) is 0 Å². The Bertz CT molecular complexity index is 682. The van der Waals surface area contributed by atoms with Crippen LogP contribution in [-0.4, -0.2) is 30.3 Å². The number of para-hydroxylation sites is 2. The molecule has 0 unspecified atom stereocenters. The van der Waals surface area contributed by atoms with Crippen molar-refractivity contribution < 1.29 is 4.52 Å². The van der Waals surface area contributed by atoms with Crippen LogP contribution in [-0.2, 0) is 0 Å². The number of imidazole rings is 1. The van der Waals surface area contributed by atoms with E-state index in [1.165, 1.54) is 12.5 Å². The minimum atomic E-state index is 0.665. The topological polar surface area (TPSA) is 93.4 Å². The highest BCUT2D eigenvalue weighted by Crippen LogP contribution is 2.11. The van der Waals surface area contributed by atoms with Gasteiger partial charge in [-0.25, -0.2) is 15.0 Å². The van der Waals surface area contributed by atoms with Crippen LogP contribution in [0.3, 0.4) is 0 Å². The minimum absolute atomic E-state index is 0.665. The fourth-order valence-corrected chi connectivity index (χ4v) is 1.47. The molecular weight excluding hydrogens is 232 g/mol. The van der Waals surface area contributed by atoms with Gasteiger partial charge in [-0.3, -0.25) is 0 Å². The van der Waals surface area contributed by atoms with E-state index in [2.05, 4.69) is 34.8 Å². The molecule has 7 heteroatoms. The molecule has 0 radical (unpaired) electrons. The van der Waals surface area contributed by atoms with E-state index in [-0.39, 0.29) is 0 Å². The lowest BCUT2D eigenvalue weighted by Gasteiger charge is -1.93. The Balaban J connectivity index is 0.000000169. The zero-order valence-corrected chi connectivity index (χ0v) is 9.19. The Kier molecular flexibility index (Phi) is 2.63. The maximum Gasteiger partial charge on any atom is 0.197 e. The summed E-state index contributed by atoms with van der Waals surface area (Å²) in [6.45, 7) is 0. The summed E-state index contributed by atoms with van der Waals surface area (Å²) in [5.41, 5.74) is 3.17. The molecule has 88 valence electrons. The first kappa shape index (κ1) is 10.3. The largest absolute Gasteiger partial charge is 0.346 e. The monoisotopic (exact) mass is 240 g/mol. The average Bonchev–Trinajstić information content (AvgIpc) is 3.09. The number of aromatic amines is 1. The average molecular weight is 240 g/mol. The predicted molar refractivity (Wildman–Crippen MR) is 63.5 cm³/mol. The van der Waals surface area contributed by atoms with Gasteiger partial charge in [0.1, 0.15) is 6.26 Å². The Morgan fingerprint density at radius 1 is 1.06 bits per heavy atom. The zero-order valence-electron chi connectivity index (χ0n) is 9.19. The Hall–Kier alpha value is -2.83. The maximum atomic E-state index is 4.36. The molecule has 7 nitrogen and oxygen atoms in total. The standard InChI is InChI=1S/C9H6N4.C2H2N2O/c1-2-4-7-6(3-1)12-8-9(13-7)11-5-10-8;1-2-5-4-3-1/h1-5H,(H,10,11,12,13);1-2H. The molecule has 0 saturated heterocycles. The normalized spacial score (nSPS) is 10.2. The van der Waals surface area contributed by atoms with Gasteiger partial charge in [-0.15, -0.1) is 5.10 Å². The first-order valence-corrected chi connectivity index (χ1v) is 5.20. The SMILES string of the molecule is c1ccc2nc3[nH]cnc3nc2c1.c1conn1. The van der Waals surface area contributed by atoms with E-state index in [9.17, 15) is 0 Å². The molecule has 3 heterocycles. The molecule has 0 amide bonds. The molecule has 0 spiro atoms. The Morgan fingerprint density at radius 2 is 1.89 bits per heavy atom. The van der Waals surface area contributed by atoms with Gasteiger partial charge >= 0.3 is 0 Å². The highest BCUT2D eigenvalue weighted by molar-refractivity contribution is 5.82. The number of H-pyrrole nitrogens is 1. The third kappa shape index (κ3) is 2.01. The van der Waals surface area contributed by atoms with Crippen molar-refractivity contribution in [2.75, 3.05) is 0 Å². The summed E-state index contributed by atoms with van der Waals surface area (Å²) in [5.74, 6) is 0. The molecule has 1 N–H and O–H groups in total. The summed E-state index contributed by atoms with van der Waals surface area (Å²) in [7, 11) is 0. The molecule has 1 aromatic carbocycles. The van der Waals surface area contributed by atoms with Gasteiger partial charge in [0.25, 0.3) is 0 Å². The number of hydrogen-bond donors (Lipinski definition) is 1. The maximum absolute atomic E-state index is 4.36. The van der Waals surface area contributed by atoms with E-state index in [1.807, 2.05) is 24.3 Å². The molecule has 0 bridgehead atoms. The molecule has 0 aliphatic heterocycles. The number of hydrogen-bond acceptors (Lipinski definition) is 6. The van der Waals surface area contributed by atoms with Crippen molar-refractivity contribution in [1.29, 1.82) is 0 Å². The number of rotatable bonds is 0. The smallest absolute Gasteiger partial charge is 0.197 e. The van der Waals surface area contributed by atoms with E-state index in [0.717, 1.165) is 16.7 Å². The first-order valence-electron chi connectivity index (χ1n) is 5.20. The van der Waals surface area contributed by atoms with Crippen molar-refractivity contribution in [3.63, 3.8) is 0 Å². The molecule has 0 aliphatic rings. The van der Waals surface area contributed by atoms with Gasteiger partial charge < -0.3 is 9.51 Å². The molecule has 3 aromatic heterocycles. The fraction of sp³-hybridized carbons (Fsp3) is 0. The van der Waals surface area contributed by atoms with Gasteiger partial charge in [0.2, 0.25) is 0 Å². The van der Waals surface area contributed by atoms with Gasteiger partial charge in [0.05, 0.1) is 23.6 Å². The summed E-state index contributed by atoms with van der Waals surface area (Å²) >= 11 is 0. The van der Waals surface area contributed by atoms with Crippen LogP contribution in [0.4, 0.5) is 0 Å². The van der Waals surface area contributed by atoms with Gasteiger partial charge in [-0.1, -0.05) is 12.1 Å². The van der Waals surface area contributed by atoms with Crippen molar-refractivity contribution in [3.05, 3.63) is 43.1 Å². The van der Waals surface area contributed by atoms with Crippen LogP contribution in [0, 0.1) is 0 Å². The molecular formula is C11H8N6O. The molecule has 4 rings (SSSR count). The van der Waals surface area contributed by atoms with E-state index in [0.29, 0.717) is 5.65 Å². The summed E-state index contributed by atoms with van der Waals surface area (Å²) < 4.78 is 4.22. The molecule has 18 heavy (non-hydrogen) atoms. The third-order valence-electron chi connectivity index (χ3n) is 2.22. The number of aromatic nitrogens is 6. The molecule has 0 atom stereocenters. The van der Waals surface area contributed by atoms with Crippen LogP contribution < -0.4 is 0 Å². The second kappa shape index (κ2) is 4.58. The van der Waals surface area contributed by atoms with Crippen LogP contribution in [0.2, 0.25) is 0 Å². The van der Waals surface area contributed by atoms with Crippen molar-refractivity contribution in [3.8, 4) is 0 Å². The molecule has 4 aromatic rings. The Morgan fingerprint density at radius 3 is 2.56 bits per heavy atom. The highest BCUT2D eigenvalue weighted by Gasteiger charge is 2.00. The van der Waals surface area contributed by atoms with Crippen molar-refractivity contribution in [2.45, 2.75) is 0 Å². The quantitative estimate of drug-likeness (QED) is 0.501. The summed E-state index contributed by atoms with van der Waals surface area (Å²) in [4.78, 5) is 15.7. The lowest BCUT2D eigenvalue weighted by atomic mass is 10.3. The van der Waals surface area contributed by atoms with Crippen LogP contribution in [0.15, 0.2) is 47.6 Å². The minimum Gasteiger partial charge on any atom is -0.346 e.